The molecule has 160 valence electrons. The molecule has 3 aromatic rings. The number of benzene rings is 2. The molecule has 31 heavy (non-hydrogen) atoms. The zero-order valence-corrected chi connectivity index (χ0v) is 18.3. The van der Waals surface area contributed by atoms with E-state index in [1.54, 1.807) is 6.07 Å². The number of likely N-dealkylation sites (tertiary alicyclic amines) is 1. The SMILES string of the molecule is Cc1ccc(-c2ccc(=O)n(CC(=O)N3CCC(Cc4ccccc4)CC3)n2)cc1C. The minimum absolute atomic E-state index is 0.0130. The van der Waals surface area contributed by atoms with Crippen LogP contribution in [0.3, 0.4) is 0 Å². The maximum absolute atomic E-state index is 12.9. The fourth-order valence-electron chi connectivity index (χ4n) is 4.18. The summed E-state index contributed by atoms with van der Waals surface area (Å²) in [7, 11) is 0. The lowest BCUT2D eigenvalue weighted by Crippen LogP contribution is -2.42. The molecule has 0 bridgehead atoms. The van der Waals surface area contributed by atoms with Crippen LogP contribution in [0.5, 0.6) is 0 Å². The summed E-state index contributed by atoms with van der Waals surface area (Å²) in [6.07, 6.45) is 3.04. The summed E-state index contributed by atoms with van der Waals surface area (Å²) < 4.78 is 1.29. The first kappa shape index (κ1) is 21.0. The van der Waals surface area contributed by atoms with E-state index in [4.69, 9.17) is 0 Å². The van der Waals surface area contributed by atoms with Gasteiger partial charge in [-0.1, -0.05) is 42.5 Å². The maximum Gasteiger partial charge on any atom is 0.267 e. The normalized spacial score (nSPS) is 14.6. The molecule has 1 aliphatic rings. The van der Waals surface area contributed by atoms with Crippen LogP contribution in [0.15, 0.2) is 65.5 Å². The van der Waals surface area contributed by atoms with Crippen molar-refractivity contribution in [3.63, 3.8) is 0 Å². The molecule has 4 rings (SSSR count). The van der Waals surface area contributed by atoms with E-state index < -0.39 is 0 Å². The second kappa shape index (κ2) is 9.29. The second-order valence-corrected chi connectivity index (χ2v) is 8.53. The van der Waals surface area contributed by atoms with Gasteiger partial charge in [-0.3, -0.25) is 9.59 Å². The Morgan fingerprint density at radius 3 is 2.42 bits per heavy atom. The number of carbonyl (C=O) groups is 1. The van der Waals surface area contributed by atoms with Crippen LogP contribution in [0.25, 0.3) is 11.3 Å². The average Bonchev–Trinajstić information content (AvgIpc) is 2.78. The van der Waals surface area contributed by atoms with E-state index in [0.717, 1.165) is 37.9 Å². The van der Waals surface area contributed by atoms with Crippen LogP contribution in [0.1, 0.15) is 29.5 Å². The number of aryl methyl sites for hydroxylation is 2. The lowest BCUT2D eigenvalue weighted by Gasteiger charge is -2.32. The van der Waals surface area contributed by atoms with Crippen molar-refractivity contribution < 1.29 is 4.79 Å². The summed E-state index contributed by atoms with van der Waals surface area (Å²) in [6.45, 7) is 5.58. The molecule has 5 heteroatoms. The third-order valence-electron chi connectivity index (χ3n) is 6.29. The molecule has 5 nitrogen and oxygen atoms in total. The highest BCUT2D eigenvalue weighted by atomic mass is 16.2. The Bertz CT molecular complexity index is 1110. The van der Waals surface area contributed by atoms with E-state index in [1.807, 2.05) is 23.1 Å². The fraction of sp³-hybridized carbons (Fsp3) is 0.346. The van der Waals surface area contributed by atoms with Crippen molar-refractivity contribution in [1.82, 2.24) is 14.7 Å². The van der Waals surface area contributed by atoms with E-state index in [1.165, 1.54) is 27.4 Å². The number of hydrogen-bond donors (Lipinski definition) is 0. The quantitative estimate of drug-likeness (QED) is 0.633. The molecule has 0 radical (unpaired) electrons. The molecule has 1 aliphatic heterocycles. The van der Waals surface area contributed by atoms with Crippen molar-refractivity contribution in [3.05, 3.63) is 87.7 Å². The number of nitrogens with zero attached hydrogens (tertiary/aromatic N) is 3. The molecule has 2 heterocycles. The Labute approximate surface area is 183 Å². The van der Waals surface area contributed by atoms with Crippen molar-refractivity contribution in [2.75, 3.05) is 13.1 Å². The van der Waals surface area contributed by atoms with Gasteiger partial charge in [0.05, 0.1) is 5.69 Å². The van der Waals surface area contributed by atoms with Crippen LogP contribution in [0.4, 0.5) is 0 Å². The monoisotopic (exact) mass is 415 g/mol. The van der Waals surface area contributed by atoms with Gasteiger partial charge >= 0.3 is 0 Å². The van der Waals surface area contributed by atoms with Gasteiger partial charge in [0.25, 0.3) is 5.56 Å². The van der Waals surface area contributed by atoms with Gasteiger partial charge < -0.3 is 4.90 Å². The number of aromatic nitrogens is 2. The highest BCUT2D eigenvalue weighted by molar-refractivity contribution is 5.76. The predicted molar refractivity (Wildman–Crippen MR) is 123 cm³/mol. The van der Waals surface area contributed by atoms with E-state index in [-0.39, 0.29) is 18.0 Å². The number of carbonyl (C=O) groups excluding carboxylic acids is 1. The van der Waals surface area contributed by atoms with Gasteiger partial charge in [0.1, 0.15) is 6.54 Å². The van der Waals surface area contributed by atoms with Crippen LogP contribution in [0.2, 0.25) is 0 Å². The van der Waals surface area contributed by atoms with Crippen LogP contribution >= 0.6 is 0 Å². The first-order chi connectivity index (χ1) is 15.0. The summed E-state index contributed by atoms with van der Waals surface area (Å²) in [5.74, 6) is 0.561. The number of hydrogen-bond acceptors (Lipinski definition) is 3. The molecular weight excluding hydrogens is 386 g/mol. The Morgan fingerprint density at radius 1 is 0.968 bits per heavy atom. The summed E-state index contributed by atoms with van der Waals surface area (Å²) in [6, 6.07) is 19.8. The smallest absolute Gasteiger partial charge is 0.267 e. The molecule has 0 N–H and O–H groups in total. The summed E-state index contributed by atoms with van der Waals surface area (Å²) in [5.41, 5.74) is 5.14. The van der Waals surface area contributed by atoms with Gasteiger partial charge in [-0.15, -0.1) is 0 Å². The van der Waals surface area contributed by atoms with Gasteiger partial charge in [0, 0.05) is 24.7 Å². The molecule has 2 aromatic carbocycles. The molecular formula is C26H29N3O2. The molecule has 0 saturated carbocycles. The molecule has 1 amide bonds. The molecule has 0 aliphatic carbocycles. The standard InChI is InChI=1S/C26H29N3O2/c1-19-8-9-23(16-20(19)2)24-10-11-25(30)29(27-24)18-26(31)28-14-12-22(13-15-28)17-21-6-4-3-5-7-21/h3-11,16,22H,12-15,17-18H2,1-2H3. The van der Waals surface area contributed by atoms with E-state index in [0.29, 0.717) is 11.6 Å². The lowest BCUT2D eigenvalue weighted by atomic mass is 9.90. The van der Waals surface area contributed by atoms with Crippen molar-refractivity contribution in [2.45, 2.75) is 39.7 Å². The summed E-state index contributed by atoms with van der Waals surface area (Å²) in [4.78, 5) is 27.1. The van der Waals surface area contributed by atoms with Crippen LogP contribution in [0, 0.1) is 19.8 Å². The third-order valence-corrected chi connectivity index (χ3v) is 6.29. The van der Waals surface area contributed by atoms with Gasteiger partial charge in [0.2, 0.25) is 5.91 Å². The van der Waals surface area contributed by atoms with Crippen molar-refractivity contribution in [2.24, 2.45) is 5.92 Å². The number of rotatable bonds is 5. The van der Waals surface area contributed by atoms with E-state index in [2.05, 4.69) is 49.3 Å². The Hall–Kier alpha value is -3.21. The van der Waals surface area contributed by atoms with Crippen molar-refractivity contribution in [1.29, 1.82) is 0 Å². The summed E-state index contributed by atoms with van der Waals surface area (Å²) in [5, 5.41) is 4.48. The molecule has 0 spiro atoms. The van der Waals surface area contributed by atoms with Gasteiger partial charge in [0.15, 0.2) is 0 Å². The average molecular weight is 416 g/mol. The zero-order valence-electron chi connectivity index (χ0n) is 18.3. The molecule has 1 saturated heterocycles. The zero-order chi connectivity index (χ0) is 21.8. The van der Waals surface area contributed by atoms with Crippen LogP contribution in [-0.4, -0.2) is 33.7 Å². The molecule has 1 aromatic heterocycles. The van der Waals surface area contributed by atoms with Gasteiger partial charge in [-0.2, -0.15) is 5.10 Å². The Kier molecular flexibility index (Phi) is 6.31. The second-order valence-electron chi connectivity index (χ2n) is 8.53. The highest BCUT2D eigenvalue weighted by Gasteiger charge is 2.23. The topological polar surface area (TPSA) is 55.2 Å². The molecule has 1 fully saturated rings. The molecule has 0 unspecified atom stereocenters. The number of piperidine rings is 1. The van der Waals surface area contributed by atoms with Gasteiger partial charge in [-0.05, 0) is 67.9 Å². The van der Waals surface area contributed by atoms with Crippen molar-refractivity contribution >= 4 is 5.91 Å². The third kappa shape index (κ3) is 5.10. The fourth-order valence-corrected chi connectivity index (χ4v) is 4.18. The van der Waals surface area contributed by atoms with Crippen LogP contribution < -0.4 is 5.56 Å². The maximum atomic E-state index is 12.9. The van der Waals surface area contributed by atoms with Crippen LogP contribution in [-0.2, 0) is 17.8 Å². The first-order valence-electron chi connectivity index (χ1n) is 11.0. The van der Waals surface area contributed by atoms with Crippen molar-refractivity contribution in [3.8, 4) is 11.3 Å². The first-order valence-corrected chi connectivity index (χ1v) is 11.0. The highest BCUT2D eigenvalue weighted by Crippen LogP contribution is 2.22. The lowest BCUT2D eigenvalue weighted by molar-refractivity contribution is -0.133. The molecule has 0 atom stereocenters. The number of amides is 1. The van der Waals surface area contributed by atoms with E-state index in [9.17, 15) is 9.59 Å². The minimum atomic E-state index is -0.250. The Morgan fingerprint density at radius 2 is 1.71 bits per heavy atom. The Balaban J connectivity index is 1.39. The van der Waals surface area contributed by atoms with E-state index >= 15 is 0 Å². The minimum Gasteiger partial charge on any atom is -0.341 e. The predicted octanol–water partition coefficient (Wildman–Crippen LogP) is 4.01. The largest absolute Gasteiger partial charge is 0.341 e. The van der Waals surface area contributed by atoms with Gasteiger partial charge in [-0.25, -0.2) is 4.68 Å². The summed E-state index contributed by atoms with van der Waals surface area (Å²) >= 11 is 0.